The summed E-state index contributed by atoms with van der Waals surface area (Å²) in [5, 5.41) is 6.72. The number of alkyl halides is 3. The number of nitrogens with zero attached hydrogens (tertiary/aromatic N) is 4. The second-order valence-corrected chi connectivity index (χ2v) is 4.58. The molecule has 0 bridgehead atoms. The van der Waals surface area contributed by atoms with Gasteiger partial charge in [-0.3, -0.25) is 4.68 Å². The van der Waals surface area contributed by atoms with E-state index in [2.05, 4.69) is 20.4 Å². The van der Waals surface area contributed by atoms with Crippen molar-refractivity contribution in [3.05, 3.63) is 35.5 Å². The van der Waals surface area contributed by atoms with Gasteiger partial charge in [-0.15, -0.1) is 0 Å². The van der Waals surface area contributed by atoms with Crippen LogP contribution in [-0.4, -0.2) is 24.7 Å². The van der Waals surface area contributed by atoms with Crippen LogP contribution in [0.2, 0.25) is 0 Å². The summed E-state index contributed by atoms with van der Waals surface area (Å²) in [6.07, 6.45) is -3.07. The lowest BCUT2D eigenvalue weighted by molar-refractivity contribution is -0.141. The first-order valence-electron chi connectivity index (χ1n) is 5.74. The number of halogens is 3. The molecule has 2 heterocycles. The first-order valence-corrected chi connectivity index (χ1v) is 6.14. The van der Waals surface area contributed by atoms with Crippen LogP contribution in [-0.2, 0) is 19.8 Å². The molecule has 0 aliphatic heterocycles. The standard InChI is InChI=1S/C11H11F3N6S/c1-20-5-17-8(19-20)4-16-10-6(9(15)21)2-3-7(18-10)11(12,13)14/h2-3,5H,4H2,1H3,(H2,15,21)(H,16,18). The zero-order valence-electron chi connectivity index (χ0n) is 10.8. The number of aryl methyl sites for hydroxylation is 1. The summed E-state index contributed by atoms with van der Waals surface area (Å²) in [5.41, 5.74) is 4.68. The number of hydrogen-bond donors (Lipinski definition) is 2. The molecule has 21 heavy (non-hydrogen) atoms. The molecule has 0 aromatic carbocycles. The van der Waals surface area contributed by atoms with Crippen molar-refractivity contribution in [2.24, 2.45) is 12.8 Å². The van der Waals surface area contributed by atoms with Crippen molar-refractivity contribution in [3.63, 3.8) is 0 Å². The van der Waals surface area contributed by atoms with E-state index in [1.54, 1.807) is 7.05 Å². The highest BCUT2D eigenvalue weighted by Gasteiger charge is 2.33. The average Bonchev–Trinajstić information content (AvgIpc) is 2.80. The molecular weight excluding hydrogens is 305 g/mol. The zero-order valence-corrected chi connectivity index (χ0v) is 11.7. The smallest absolute Gasteiger partial charge is 0.389 e. The van der Waals surface area contributed by atoms with Crippen LogP contribution in [0.3, 0.4) is 0 Å². The van der Waals surface area contributed by atoms with E-state index in [1.807, 2.05) is 0 Å². The van der Waals surface area contributed by atoms with E-state index in [9.17, 15) is 13.2 Å². The van der Waals surface area contributed by atoms with E-state index >= 15 is 0 Å². The van der Waals surface area contributed by atoms with E-state index in [1.165, 1.54) is 17.1 Å². The Bertz CT molecular complexity index is 666. The van der Waals surface area contributed by atoms with Gasteiger partial charge < -0.3 is 11.1 Å². The van der Waals surface area contributed by atoms with Crippen LogP contribution in [0.5, 0.6) is 0 Å². The fourth-order valence-electron chi connectivity index (χ4n) is 1.58. The zero-order chi connectivity index (χ0) is 15.6. The molecule has 2 aromatic heterocycles. The largest absolute Gasteiger partial charge is 0.433 e. The summed E-state index contributed by atoms with van der Waals surface area (Å²) in [5.74, 6) is 0.357. The normalized spacial score (nSPS) is 11.4. The third-order valence-corrected chi connectivity index (χ3v) is 2.73. The third-order valence-electron chi connectivity index (χ3n) is 2.51. The number of aromatic nitrogens is 4. The Balaban J connectivity index is 2.28. The summed E-state index contributed by atoms with van der Waals surface area (Å²) in [4.78, 5) is 7.42. The fourth-order valence-corrected chi connectivity index (χ4v) is 1.74. The van der Waals surface area contributed by atoms with Gasteiger partial charge in [0.1, 0.15) is 22.8 Å². The van der Waals surface area contributed by atoms with Gasteiger partial charge in [0.25, 0.3) is 0 Å². The predicted octanol–water partition coefficient (Wildman–Crippen LogP) is 1.48. The average molecular weight is 316 g/mol. The molecular formula is C11H11F3N6S. The number of anilines is 1. The number of rotatable bonds is 4. The molecule has 6 nitrogen and oxygen atoms in total. The van der Waals surface area contributed by atoms with E-state index in [-0.39, 0.29) is 22.9 Å². The van der Waals surface area contributed by atoms with Crippen LogP contribution in [0.15, 0.2) is 18.5 Å². The third kappa shape index (κ3) is 3.66. The Kier molecular flexibility index (Phi) is 4.07. The molecule has 0 saturated heterocycles. The first-order chi connectivity index (χ1) is 9.77. The van der Waals surface area contributed by atoms with Crippen LogP contribution in [0.1, 0.15) is 17.1 Å². The predicted molar refractivity (Wildman–Crippen MR) is 73.5 cm³/mol. The number of thiocarbonyl (C=S) groups is 1. The summed E-state index contributed by atoms with van der Waals surface area (Å²) in [6, 6.07) is 2.02. The Labute approximate surface area is 123 Å². The van der Waals surface area contributed by atoms with Crippen LogP contribution in [0, 0.1) is 0 Å². The van der Waals surface area contributed by atoms with E-state index in [0.29, 0.717) is 5.82 Å². The Morgan fingerprint density at radius 1 is 1.43 bits per heavy atom. The van der Waals surface area contributed by atoms with E-state index in [4.69, 9.17) is 18.0 Å². The number of hydrogen-bond acceptors (Lipinski definition) is 5. The number of nitrogens with two attached hydrogens (primary N) is 1. The minimum atomic E-state index is -4.55. The summed E-state index contributed by atoms with van der Waals surface area (Å²) in [6.45, 7) is 0.102. The molecule has 3 N–H and O–H groups in total. The number of nitrogens with one attached hydrogen (secondary N) is 1. The van der Waals surface area contributed by atoms with E-state index < -0.39 is 11.9 Å². The lowest BCUT2D eigenvalue weighted by Gasteiger charge is -2.12. The lowest BCUT2D eigenvalue weighted by Crippen LogP contribution is -2.17. The van der Waals surface area contributed by atoms with Crippen molar-refractivity contribution >= 4 is 23.0 Å². The highest BCUT2D eigenvalue weighted by Crippen LogP contribution is 2.29. The second-order valence-electron chi connectivity index (χ2n) is 4.14. The van der Waals surface area contributed by atoms with Crippen LogP contribution >= 0.6 is 12.2 Å². The van der Waals surface area contributed by atoms with Gasteiger partial charge in [0.2, 0.25) is 0 Å². The topological polar surface area (TPSA) is 81.7 Å². The maximum atomic E-state index is 12.7. The monoisotopic (exact) mass is 316 g/mol. The first kappa shape index (κ1) is 15.2. The Morgan fingerprint density at radius 3 is 2.67 bits per heavy atom. The fraction of sp³-hybridized carbons (Fsp3) is 0.273. The molecule has 0 fully saturated rings. The van der Waals surface area contributed by atoms with Gasteiger partial charge in [0.15, 0.2) is 5.82 Å². The van der Waals surface area contributed by atoms with Crippen LogP contribution in [0.25, 0.3) is 0 Å². The van der Waals surface area contributed by atoms with Gasteiger partial charge in [-0.1, -0.05) is 12.2 Å². The van der Waals surface area contributed by atoms with Crippen molar-refractivity contribution in [1.29, 1.82) is 0 Å². The van der Waals surface area contributed by atoms with E-state index in [0.717, 1.165) is 6.07 Å². The van der Waals surface area contributed by atoms with Gasteiger partial charge in [0, 0.05) is 7.05 Å². The summed E-state index contributed by atoms with van der Waals surface area (Å²) >= 11 is 4.80. The Hall–Kier alpha value is -2.23. The minimum absolute atomic E-state index is 0.0484. The molecule has 2 aromatic rings. The highest BCUT2D eigenvalue weighted by molar-refractivity contribution is 7.80. The molecule has 0 spiro atoms. The van der Waals surface area contributed by atoms with Gasteiger partial charge in [0.05, 0.1) is 12.1 Å². The van der Waals surface area contributed by atoms with Gasteiger partial charge >= 0.3 is 6.18 Å². The Morgan fingerprint density at radius 2 is 2.14 bits per heavy atom. The van der Waals surface area contributed by atoms with Crippen molar-refractivity contribution in [2.45, 2.75) is 12.7 Å². The second kappa shape index (κ2) is 5.64. The van der Waals surface area contributed by atoms with Crippen molar-refractivity contribution in [3.8, 4) is 0 Å². The maximum absolute atomic E-state index is 12.7. The van der Waals surface area contributed by atoms with Crippen LogP contribution in [0.4, 0.5) is 19.0 Å². The SMILES string of the molecule is Cn1cnc(CNc2nc(C(F)(F)F)ccc2C(N)=S)n1. The molecule has 0 radical (unpaired) electrons. The summed E-state index contributed by atoms with van der Waals surface area (Å²) in [7, 11) is 1.68. The van der Waals surface area contributed by atoms with Crippen molar-refractivity contribution < 1.29 is 13.2 Å². The maximum Gasteiger partial charge on any atom is 0.433 e. The molecule has 0 aliphatic rings. The number of pyridine rings is 1. The molecule has 0 amide bonds. The van der Waals surface area contributed by atoms with Gasteiger partial charge in [-0.2, -0.15) is 18.3 Å². The van der Waals surface area contributed by atoms with Gasteiger partial charge in [-0.25, -0.2) is 9.97 Å². The highest BCUT2D eigenvalue weighted by atomic mass is 32.1. The summed E-state index contributed by atoms with van der Waals surface area (Å²) < 4.78 is 39.5. The molecule has 10 heteroatoms. The lowest BCUT2D eigenvalue weighted by atomic mass is 10.2. The molecule has 2 rings (SSSR count). The van der Waals surface area contributed by atoms with Crippen molar-refractivity contribution in [1.82, 2.24) is 19.7 Å². The molecule has 0 atom stereocenters. The molecule has 0 aliphatic carbocycles. The quantitative estimate of drug-likeness (QED) is 0.832. The minimum Gasteiger partial charge on any atom is -0.389 e. The van der Waals surface area contributed by atoms with Gasteiger partial charge in [-0.05, 0) is 12.1 Å². The van der Waals surface area contributed by atoms with Crippen molar-refractivity contribution in [2.75, 3.05) is 5.32 Å². The molecule has 0 unspecified atom stereocenters. The van der Waals surface area contributed by atoms with Crippen LogP contribution < -0.4 is 11.1 Å². The molecule has 0 saturated carbocycles. The molecule has 112 valence electrons.